The van der Waals surface area contributed by atoms with Crippen LogP contribution in [-0.2, 0) is 19.4 Å². The number of carbonyl (C=O) groups excluding carboxylic acids is 2. The van der Waals surface area contributed by atoms with Crippen molar-refractivity contribution in [1.82, 2.24) is 0 Å². The molecular formula is C18H17F2NO6S. The van der Waals surface area contributed by atoms with Crippen LogP contribution < -0.4 is 10.1 Å². The summed E-state index contributed by atoms with van der Waals surface area (Å²) in [5.41, 5.74) is 0.382. The lowest BCUT2D eigenvalue weighted by atomic mass is 10.2. The third-order valence-electron chi connectivity index (χ3n) is 3.66. The average molecular weight is 413 g/mol. The molecule has 1 amide bonds. The number of esters is 1. The van der Waals surface area contributed by atoms with Crippen molar-refractivity contribution in [1.29, 1.82) is 0 Å². The molecule has 7 nitrogen and oxygen atoms in total. The molecule has 0 saturated heterocycles. The number of rotatable bonds is 7. The highest BCUT2D eigenvalue weighted by atomic mass is 32.2. The van der Waals surface area contributed by atoms with Crippen LogP contribution >= 0.6 is 0 Å². The highest BCUT2D eigenvalue weighted by Gasteiger charge is 2.27. The Morgan fingerprint density at radius 2 is 1.57 bits per heavy atom. The molecule has 0 radical (unpaired) electrons. The number of nitrogens with one attached hydrogen (secondary N) is 1. The molecule has 2 aromatic rings. The van der Waals surface area contributed by atoms with Gasteiger partial charge in [-0.25, -0.2) is 13.2 Å². The van der Waals surface area contributed by atoms with Gasteiger partial charge in [0.15, 0.2) is 6.10 Å². The standard InChI is InChI=1S/C18H17F2NO6S/c1-11(16(22)21-13-5-7-14(26-2)8-6-13)27-17(23)12-3-9-15(10-4-12)28(24,25)18(19)20/h3-11,18H,1-2H3,(H,21,22)/t11-/m0/s1. The lowest BCUT2D eigenvalue weighted by Gasteiger charge is -2.14. The van der Waals surface area contributed by atoms with E-state index in [9.17, 15) is 26.8 Å². The molecule has 0 aliphatic rings. The first kappa shape index (κ1) is 21.3. The molecule has 1 atom stereocenters. The number of hydrogen-bond donors (Lipinski definition) is 1. The second kappa shape index (κ2) is 8.79. The maximum atomic E-state index is 12.5. The van der Waals surface area contributed by atoms with Crippen LogP contribution in [0.25, 0.3) is 0 Å². The maximum absolute atomic E-state index is 12.5. The summed E-state index contributed by atoms with van der Waals surface area (Å²) in [5.74, 6) is -4.45. The van der Waals surface area contributed by atoms with E-state index in [0.29, 0.717) is 11.4 Å². The largest absolute Gasteiger partial charge is 0.497 e. The van der Waals surface area contributed by atoms with Crippen molar-refractivity contribution >= 4 is 27.4 Å². The number of sulfone groups is 1. The van der Waals surface area contributed by atoms with Crippen LogP contribution in [0.15, 0.2) is 53.4 Å². The predicted octanol–water partition coefficient (Wildman–Crippen LogP) is 2.88. The summed E-state index contributed by atoms with van der Waals surface area (Å²) in [7, 11) is -3.25. The number of amides is 1. The van der Waals surface area contributed by atoms with Crippen LogP contribution in [-0.4, -0.2) is 39.3 Å². The van der Waals surface area contributed by atoms with Gasteiger partial charge < -0.3 is 14.8 Å². The van der Waals surface area contributed by atoms with Gasteiger partial charge in [-0.15, -0.1) is 0 Å². The molecule has 0 bridgehead atoms. The quantitative estimate of drug-likeness (QED) is 0.701. The van der Waals surface area contributed by atoms with E-state index in [1.54, 1.807) is 24.3 Å². The molecule has 0 aliphatic carbocycles. The molecule has 28 heavy (non-hydrogen) atoms. The molecule has 1 N–H and O–H groups in total. The van der Waals surface area contributed by atoms with Gasteiger partial charge in [-0.2, -0.15) is 8.78 Å². The van der Waals surface area contributed by atoms with E-state index in [1.165, 1.54) is 14.0 Å². The fourth-order valence-electron chi connectivity index (χ4n) is 2.08. The van der Waals surface area contributed by atoms with Gasteiger partial charge in [0.05, 0.1) is 17.6 Å². The normalized spacial score (nSPS) is 12.3. The van der Waals surface area contributed by atoms with E-state index >= 15 is 0 Å². The molecule has 150 valence electrons. The van der Waals surface area contributed by atoms with Gasteiger partial charge in [-0.05, 0) is 55.5 Å². The first-order valence-corrected chi connectivity index (χ1v) is 9.48. The highest BCUT2D eigenvalue weighted by Crippen LogP contribution is 2.19. The van der Waals surface area contributed by atoms with Crippen LogP contribution in [0.5, 0.6) is 5.75 Å². The Balaban J connectivity index is 2.00. The highest BCUT2D eigenvalue weighted by molar-refractivity contribution is 7.91. The summed E-state index contributed by atoms with van der Waals surface area (Å²) >= 11 is 0. The lowest BCUT2D eigenvalue weighted by molar-refractivity contribution is -0.123. The minimum Gasteiger partial charge on any atom is -0.497 e. The van der Waals surface area contributed by atoms with Crippen LogP contribution in [0, 0.1) is 0 Å². The number of anilines is 1. The van der Waals surface area contributed by atoms with Crippen molar-refractivity contribution < 1.29 is 36.3 Å². The third kappa shape index (κ3) is 5.03. The number of methoxy groups -OCH3 is 1. The summed E-state index contributed by atoms with van der Waals surface area (Å²) in [4.78, 5) is 23.6. The molecular weight excluding hydrogens is 396 g/mol. The smallest absolute Gasteiger partial charge is 0.341 e. The first-order valence-electron chi connectivity index (χ1n) is 7.93. The van der Waals surface area contributed by atoms with Gasteiger partial charge in [0.2, 0.25) is 9.84 Å². The van der Waals surface area contributed by atoms with Crippen molar-refractivity contribution in [2.75, 3.05) is 12.4 Å². The third-order valence-corrected chi connectivity index (χ3v) is 5.06. The number of benzene rings is 2. The SMILES string of the molecule is COc1ccc(NC(=O)[C@H](C)OC(=O)c2ccc(S(=O)(=O)C(F)F)cc2)cc1. The van der Waals surface area contributed by atoms with Gasteiger partial charge in [0.25, 0.3) is 5.91 Å². The molecule has 0 aromatic heterocycles. The average Bonchev–Trinajstić information content (AvgIpc) is 2.68. The van der Waals surface area contributed by atoms with Crippen molar-refractivity contribution in [2.24, 2.45) is 0 Å². The Morgan fingerprint density at radius 1 is 1.00 bits per heavy atom. The van der Waals surface area contributed by atoms with Gasteiger partial charge in [-0.1, -0.05) is 0 Å². The summed E-state index contributed by atoms with van der Waals surface area (Å²) in [6, 6.07) is 10.3. The number of carbonyl (C=O) groups is 2. The summed E-state index contributed by atoms with van der Waals surface area (Å²) in [6.45, 7) is 1.35. The van der Waals surface area contributed by atoms with E-state index in [4.69, 9.17) is 9.47 Å². The van der Waals surface area contributed by atoms with Gasteiger partial charge in [0, 0.05) is 5.69 Å². The van der Waals surface area contributed by atoms with E-state index in [2.05, 4.69) is 5.32 Å². The van der Waals surface area contributed by atoms with Gasteiger partial charge >= 0.3 is 11.7 Å². The number of ether oxygens (including phenoxy) is 2. The van der Waals surface area contributed by atoms with Crippen molar-refractivity contribution in [3.63, 3.8) is 0 Å². The van der Waals surface area contributed by atoms with E-state index in [0.717, 1.165) is 24.3 Å². The molecule has 0 saturated carbocycles. The van der Waals surface area contributed by atoms with Crippen molar-refractivity contribution in [2.45, 2.75) is 23.7 Å². The summed E-state index contributed by atoms with van der Waals surface area (Å²) in [6.07, 6.45) is -1.15. The molecule has 0 heterocycles. The summed E-state index contributed by atoms with van der Waals surface area (Å²) < 4.78 is 57.8. The monoisotopic (exact) mass is 413 g/mol. The second-order valence-corrected chi connectivity index (χ2v) is 7.51. The van der Waals surface area contributed by atoms with Gasteiger partial charge in [0.1, 0.15) is 5.75 Å². The lowest BCUT2D eigenvalue weighted by Crippen LogP contribution is -2.30. The zero-order valence-corrected chi connectivity index (χ0v) is 15.7. The number of alkyl halides is 2. The minimum absolute atomic E-state index is 0.0858. The van der Waals surface area contributed by atoms with Crippen molar-refractivity contribution in [3.8, 4) is 5.75 Å². The molecule has 0 fully saturated rings. The van der Waals surface area contributed by atoms with Crippen LogP contribution in [0.2, 0.25) is 0 Å². The fourth-order valence-corrected chi connectivity index (χ4v) is 2.81. The number of hydrogen-bond acceptors (Lipinski definition) is 6. The zero-order valence-electron chi connectivity index (χ0n) is 14.9. The maximum Gasteiger partial charge on any atom is 0.341 e. The van der Waals surface area contributed by atoms with E-state index < -0.39 is 38.5 Å². The summed E-state index contributed by atoms with van der Waals surface area (Å²) in [5, 5.41) is 2.56. The Labute approximate surface area is 160 Å². The van der Waals surface area contributed by atoms with Crippen LogP contribution in [0.3, 0.4) is 0 Å². The van der Waals surface area contributed by atoms with Crippen LogP contribution in [0.4, 0.5) is 14.5 Å². The van der Waals surface area contributed by atoms with E-state index in [1.807, 2.05) is 0 Å². The Kier molecular flexibility index (Phi) is 6.68. The first-order chi connectivity index (χ1) is 13.1. The van der Waals surface area contributed by atoms with E-state index in [-0.39, 0.29) is 5.56 Å². The number of halogens is 2. The Hall–Kier alpha value is -3.01. The predicted molar refractivity (Wildman–Crippen MR) is 96.1 cm³/mol. The van der Waals surface area contributed by atoms with Gasteiger partial charge in [-0.3, -0.25) is 4.79 Å². The fraction of sp³-hybridized carbons (Fsp3) is 0.222. The molecule has 10 heteroatoms. The Morgan fingerprint density at radius 3 is 2.07 bits per heavy atom. The Bertz CT molecular complexity index is 943. The molecule has 0 spiro atoms. The molecule has 2 aromatic carbocycles. The molecule has 0 aliphatic heterocycles. The molecule has 2 rings (SSSR count). The minimum atomic E-state index is -4.75. The topological polar surface area (TPSA) is 98.8 Å². The van der Waals surface area contributed by atoms with Crippen LogP contribution in [0.1, 0.15) is 17.3 Å². The second-order valence-electron chi connectivity index (χ2n) is 5.60. The van der Waals surface area contributed by atoms with Crippen molar-refractivity contribution in [3.05, 3.63) is 54.1 Å². The molecule has 0 unspecified atom stereocenters. The zero-order chi connectivity index (χ0) is 20.9.